The predicted molar refractivity (Wildman–Crippen MR) is 188 cm³/mol. The van der Waals surface area contributed by atoms with E-state index in [9.17, 15) is 0 Å². The molecule has 0 spiro atoms. The lowest BCUT2D eigenvalue weighted by Crippen LogP contribution is -2.24. The summed E-state index contributed by atoms with van der Waals surface area (Å²) in [6.45, 7) is 0. The van der Waals surface area contributed by atoms with E-state index >= 15 is 0 Å². The van der Waals surface area contributed by atoms with Crippen molar-refractivity contribution in [1.82, 2.24) is 0 Å². The third kappa shape index (κ3) is 6.78. The summed E-state index contributed by atoms with van der Waals surface area (Å²) in [7, 11) is 0. The van der Waals surface area contributed by atoms with Crippen LogP contribution in [0.15, 0.2) is 206 Å². The van der Waals surface area contributed by atoms with Gasteiger partial charge in [-0.3, -0.25) is 0 Å². The molecule has 0 heterocycles. The molecule has 0 saturated heterocycles. The number of para-hydroxylation sites is 4. The third-order valence-corrected chi connectivity index (χ3v) is 7.27. The summed E-state index contributed by atoms with van der Waals surface area (Å²) in [5, 5.41) is 0. The molecule has 6 aromatic carbocycles. The standard InChI is InChI=1S/C42H34N2/c1-7-21-35(22-8-1)23-19-20-34-41(43(37-26-11-3-12-27-37)38-28-13-4-14-29-38)42(36-24-9-2-10-25-36)44(39-30-15-5-16-31-39)40-32-17-6-18-33-40/h1-34H. The Kier molecular flexibility index (Phi) is 9.22. The molecule has 0 amide bonds. The molecule has 0 bridgehead atoms. The van der Waals surface area contributed by atoms with Crippen LogP contribution in [0.25, 0.3) is 11.8 Å². The lowest BCUT2D eigenvalue weighted by Gasteiger charge is -2.35. The normalized spacial score (nSPS) is 11.8. The molecule has 0 unspecified atom stereocenters. The van der Waals surface area contributed by atoms with E-state index in [-0.39, 0.29) is 0 Å². The van der Waals surface area contributed by atoms with E-state index < -0.39 is 0 Å². The first kappa shape index (κ1) is 28.3. The number of allylic oxidation sites excluding steroid dienone is 3. The van der Waals surface area contributed by atoms with Gasteiger partial charge >= 0.3 is 0 Å². The summed E-state index contributed by atoms with van der Waals surface area (Å²) >= 11 is 0. The second kappa shape index (κ2) is 14.4. The summed E-state index contributed by atoms with van der Waals surface area (Å²) in [5.74, 6) is 0. The highest BCUT2D eigenvalue weighted by atomic mass is 15.2. The van der Waals surface area contributed by atoms with Crippen molar-refractivity contribution in [2.45, 2.75) is 0 Å². The van der Waals surface area contributed by atoms with E-state index in [0.717, 1.165) is 45.3 Å². The maximum Gasteiger partial charge on any atom is 0.0775 e. The Balaban J connectivity index is 1.67. The van der Waals surface area contributed by atoms with Gasteiger partial charge in [0.15, 0.2) is 0 Å². The van der Waals surface area contributed by atoms with Crippen LogP contribution in [0.1, 0.15) is 11.1 Å². The summed E-state index contributed by atoms with van der Waals surface area (Å²) in [6, 6.07) is 63.4. The highest BCUT2D eigenvalue weighted by Gasteiger charge is 2.24. The Hall–Kier alpha value is -5.86. The second-order valence-corrected chi connectivity index (χ2v) is 10.2. The summed E-state index contributed by atoms with van der Waals surface area (Å²) in [6.07, 6.45) is 8.61. The molecule has 0 aliphatic rings. The van der Waals surface area contributed by atoms with Crippen LogP contribution in [0.4, 0.5) is 22.7 Å². The van der Waals surface area contributed by atoms with Crippen molar-refractivity contribution >= 4 is 34.5 Å². The minimum atomic E-state index is 1.03. The zero-order valence-corrected chi connectivity index (χ0v) is 24.5. The van der Waals surface area contributed by atoms with E-state index in [4.69, 9.17) is 0 Å². The lowest BCUT2D eigenvalue weighted by atomic mass is 10.0. The van der Waals surface area contributed by atoms with Gasteiger partial charge in [0.2, 0.25) is 0 Å². The molecule has 0 radical (unpaired) electrons. The Morgan fingerprint density at radius 2 is 0.727 bits per heavy atom. The van der Waals surface area contributed by atoms with Crippen LogP contribution >= 0.6 is 0 Å². The Labute approximate surface area is 260 Å². The Morgan fingerprint density at radius 3 is 1.16 bits per heavy atom. The van der Waals surface area contributed by atoms with Crippen molar-refractivity contribution in [3.8, 4) is 0 Å². The maximum atomic E-state index is 2.36. The summed E-state index contributed by atoms with van der Waals surface area (Å²) < 4.78 is 0. The number of rotatable bonds is 10. The average Bonchev–Trinajstić information content (AvgIpc) is 3.11. The second-order valence-electron chi connectivity index (χ2n) is 10.2. The average molecular weight is 567 g/mol. The molecular weight excluding hydrogens is 532 g/mol. The molecule has 6 rings (SSSR count). The fraction of sp³-hybridized carbons (Fsp3) is 0. The van der Waals surface area contributed by atoms with Gasteiger partial charge < -0.3 is 9.80 Å². The van der Waals surface area contributed by atoms with Gasteiger partial charge in [-0.2, -0.15) is 0 Å². The fourth-order valence-electron chi connectivity index (χ4n) is 5.27. The molecule has 0 N–H and O–H groups in total. The highest BCUT2D eigenvalue weighted by molar-refractivity contribution is 5.93. The zero-order chi connectivity index (χ0) is 29.8. The molecule has 6 aromatic rings. The van der Waals surface area contributed by atoms with E-state index in [0.29, 0.717) is 0 Å². The molecule has 212 valence electrons. The summed E-state index contributed by atoms with van der Waals surface area (Å²) in [5.41, 5.74) is 8.63. The quantitative estimate of drug-likeness (QED) is 0.152. The SMILES string of the molecule is C(C=Cc1ccccc1)=CC(=C(c1ccccc1)N(c1ccccc1)c1ccccc1)N(c1ccccc1)c1ccccc1. The largest absolute Gasteiger partial charge is 0.308 e. The van der Waals surface area contributed by atoms with Crippen molar-refractivity contribution in [2.24, 2.45) is 0 Å². The zero-order valence-electron chi connectivity index (χ0n) is 24.5. The van der Waals surface area contributed by atoms with Gasteiger partial charge in [0.25, 0.3) is 0 Å². The molecule has 0 saturated carbocycles. The van der Waals surface area contributed by atoms with Crippen LogP contribution < -0.4 is 9.80 Å². The number of nitrogens with zero attached hydrogens (tertiary/aromatic N) is 2. The first-order valence-corrected chi connectivity index (χ1v) is 14.9. The maximum absolute atomic E-state index is 2.36. The van der Waals surface area contributed by atoms with Gasteiger partial charge in [0, 0.05) is 28.3 Å². The van der Waals surface area contributed by atoms with Crippen molar-refractivity contribution < 1.29 is 0 Å². The number of anilines is 4. The van der Waals surface area contributed by atoms with Crippen LogP contribution in [0.3, 0.4) is 0 Å². The first-order valence-electron chi connectivity index (χ1n) is 14.9. The third-order valence-electron chi connectivity index (χ3n) is 7.27. The van der Waals surface area contributed by atoms with E-state index in [1.807, 2.05) is 6.07 Å². The number of hydrogen-bond acceptors (Lipinski definition) is 2. The van der Waals surface area contributed by atoms with Gasteiger partial charge in [-0.25, -0.2) is 0 Å². The van der Waals surface area contributed by atoms with Crippen LogP contribution in [0.2, 0.25) is 0 Å². The molecule has 2 nitrogen and oxygen atoms in total. The Bertz CT molecular complexity index is 1730. The van der Waals surface area contributed by atoms with Gasteiger partial charge in [-0.15, -0.1) is 0 Å². The van der Waals surface area contributed by atoms with Crippen molar-refractivity contribution in [3.63, 3.8) is 0 Å². The van der Waals surface area contributed by atoms with Crippen LogP contribution in [-0.4, -0.2) is 0 Å². The Morgan fingerprint density at radius 1 is 0.364 bits per heavy atom. The van der Waals surface area contributed by atoms with E-state index in [1.54, 1.807) is 0 Å². The number of hydrogen-bond donors (Lipinski definition) is 0. The van der Waals surface area contributed by atoms with Crippen molar-refractivity contribution in [2.75, 3.05) is 9.80 Å². The first-order chi connectivity index (χ1) is 21.9. The predicted octanol–water partition coefficient (Wildman–Crippen LogP) is 11.3. The molecular formula is C42H34N2. The van der Waals surface area contributed by atoms with Crippen LogP contribution in [0.5, 0.6) is 0 Å². The number of benzene rings is 6. The smallest absolute Gasteiger partial charge is 0.0775 e. The van der Waals surface area contributed by atoms with Gasteiger partial charge in [0.05, 0.1) is 11.4 Å². The van der Waals surface area contributed by atoms with Crippen molar-refractivity contribution in [1.29, 1.82) is 0 Å². The molecule has 0 fully saturated rings. The van der Waals surface area contributed by atoms with Crippen LogP contribution in [0, 0.1) is 0 Å². The molecule has 0 atom stereocenters. The molecule has 0 aliphatic carbocycles. The molecule has 2 heteroatoms. The van der Waals surface area contributed by atoms with Gasteiger partial charge in [0.1, 0.15) is 0 Å². The molecule has 0 aromatic heterocycles. The molecule has 44 heavy (non-hydrogen) atoms. The van der Waals surface area contributed by atoms with Gasteiger partial charge in [-0.1, -0.05) is 152 Å². The fourth-order valence-corrected chi connectivity index (χ4v) is 5.27. The monoisotopic (exact) mass is 566 g/mol. The van der Waals surface area contributed by atoms with E-state index in [1.165, 1.54) is 0 Å². The topological polar surface area (TPSA) is 6.48 Å². The van der Waals surface area contributed by atoms with Crippen LogP contribution in [-0.2, 0) is 0 Å². The van der Waals surface area contributed by atoms with Crippen molar-refractivity contribution in [3.05, 3.63) is 217 Å². The van der Waals surface area contributed by atoms with Gasteiger partial charge in [-0.05, 0) is 60.2 Å². The van der Waals surface area contributed by atoms with E-state index in [2.05, 4.69) is 210 Å². The lowest BCUT2D eigenvalue weighted by molar-refractivity contribution is 1.17. The minimum absolute atomic E-state index is 1.03. The minimum Gasteiger partial charge on any atom is -0.308 e. The highest BCUT2D eigenvalue weighted by Crippen LogP contribution is 2.41. The summed E-state index contributed by atoms with van der Waals surface area (Å²) in [4.78, 5) is 4.70. The molecule has 0 aliphatic heterocycles.